The van der Waals surface area contributed by atoms with Gasteiger partial charge in [-0.15, -0.1) is 0 Å². The van der Waals surface area contributed by atoms with Crippen molar-refractivity contribution in [1.29, 1.82) is 0 Å². The van der Waals surface area contributed by atoms with E-state index in [-0.39, 0.29) is 12.0 Å². The van der Waals surface area contributed by atoms with Crippen molar-refractivity contribution in [2.45, 2.75) is 38.8 Å². The van der Waals surface area contributed by atoms with Crippen molar-refractivity contribution in [2.24, 2.45) is 0 Å². The van der Waals surface area contributed by atoms with Crippen LogP contribution in [-0.2, 0) is 9.53 Å². The normalized spacial score (nSPS) is 17.7. The second-order valence-corrected chi connectivity index (χ2v) is 5.69. The fraction of sp³-hybridized carbons (Fsp3) is 0.533. The van der Waals surface area contributed by atoms with Crippen molar-refractivity contribution in [2.75, 3.05) is 13.2 Å². The topological polar surface area (TPSA) is 47.6 Å². The highest BCUT2D eigenvalue weighted by Crippen LogP contribution is 2.31. The van der Waals surface area contributed by atoms with Gasteiger partial charge in [0.15, 0.2) is 0 Å². The van der Waals surface area contributed by atoms with Gasteiger partial charge < -0.3 is 14.8 Å². The molecule has 1 aliphatic rings. The number of nitrogens with one attached hydrogen (secondary N) is 1. The van der Waals surface area contributed by atoms with Crippen LogP contribution in [0.5, 0.6) is 5.75 Å². The van der Waals surface area contributed by atoms with Crippen LogP contribution in [0.4, 0.5) is 0 Å². The fourth-order valence-electron chi connectivity index (χ4n) is 2.07. The summed E-state index contributed by atoms with van der Waals surface area (Å²) < 4.78 is 10.8. The maximum Gasteiger partial charge on any atom is 0.307 e. The molecule has 0 amide bonds. The molecule has 0 aromatic heterocycles. The minimum Gasteiger partial charge on any atom is -0.491 e. The van der Waals surface area contributed by atoms with Gasteiger partial charge in [-0.2, -0.15) is 0 Å². The van der Waals surface area contributed by atoms with Crippen LogP contribution in [0.25, 0.3) is 0 Å². The summed E-state index contributed by atoms with van der Waals surface area (Å²) in [7, 11) is 0. The summed E-state index contributed by atoms with van der Waals surface area (Å²) in [5.74, 6) is 0.754. The Balaban J connectivity index is 1.77. The van der Waals surface area contributed by atoms with Crippen LogP contribution < -0.4 is 10.1 Å². The first-order valence-corrected chi connectivity index (χ1v) is 6.63. The molecular weight excluding hydrogens is 242 g/mol. The standard InChI is InChI=1S/C15H21NO3/c1-15(2,3)19-14(17)8-9-16-12-10-18-13-7-5-4-6-11(12)13/h4-7,12,16H,8-10H2,1-3H3. The summed E-state index contributed by atoms with van der Waals surface area (Å²) in [5, 5.41) is 3.33. The number of fused-ring (bicyclic) bond motifs is 1. The number of benzene rings is 1. The summed E-state index contributed by atoms with van der Waals surface area (Å²) >= 11 is 0. The Morgan fingerprint density at radius 3 is 2.89 bits per heavy atom. The Morgan fingerprint density at radius 2 is 2.16 bits per heavy atom. The lowest BCUT2D eigenvalue weighted by Crippen LogP contribution is -2.29. The molecule has 0 saturated carbocycles. The molecule has 1 atom stereocenters. The second-order valence-electron chi connectivity index (χ2n) is 5.69. The van der Waals surface area contributed by atoms with Gasteiger partial charge in [-0.1, -0.05) is 18.2 Å². The van der Waals surface area contributed by atoms with E-state index >= 15 is 0 Å². The zero-order valence-electron chi connectivity index (χ0n) is 11.7. The molecule has 104 valence electrons. The molecule has 0 radical (unpaired) electrons. The van der Waals surface area contributed by atoms with Gasteiger partial charge in [0.25, 0.3) is 0 Å². The average molecular weight is 263 g/mol. The van der Waals surface area contributed by atoms with Crippen molar-refractivity contribution in [3.05, 3.63) is 29.8 Å². The van der Waals surface area contributed by atoms with Crippen molar-refractivity contribution in [3.63, 3.8) is 0 Å². The van der Waals surface area contributed by atoms with Gasteiger partial charge in [-0.3, -0.25) is 4.79 Å². The fourth-order valence-corrected chi connectivity index (χ4v) is 2.07. The summed E-state index contributed by atoms with van der Waals surface area (Å²) in [6.07, 6.45) is 0.371. The van der Waals surface area contributed by atoms with E-state index in [1.807, 2.05) is 45.0 Å². The van der Waals surface area contributed by atoms with E-state index in [0.717, 1.165) is 11.3 Å². The van der Waals surface area contributed by atoms with Crippen LogP contribution in [0.3, 0.4) is 0 Å². The maximum absolute atomic E-state index is 11.6. The predicted octanol–water partition coefficient (Wildman–Crippen LogP) is 2.44. The van der Waals surface area contributed by atoms with E-state index in [4.69, 9.17) is 9.47 Å². The Bertz CT molecular complexity index is 451. The third-order valence-electron chi connectivity index (χ3n) is 2.84. The first-order valence-electron chi connectivity index (χ1n) is 6.63. The lowest BCUT2D eigenvalue weighted by Gasteiger charge is -2.19. The first-order chi connectivity index (χ1) is 8.96. The number of ether oxygens (including phenoxy) is 2. The van der Waals surface area contributed by atoms with Gasteiger partial charge in [-0.25, -0.2) is 0 Å². The van der Waals surface area contributed by atoms with Gasteiger partial charge >= 0.3 is 5.97 Å². The minimum atomic E-state index is -0.417. The molecule has 1 aliphatic heterocycles. The lowest BCUT2D eigenvalue weighted by molar-refractivity contribution is -0.154. The van der Waals surface area contributed by atoms with Gasteiger partial charge in [0.1, 0.15) is 18.0 Å². The van der Waals surface area contributed by atoms with Crippen molar-refractivity contribution < 1.29 is 14.3 Å². The SMILES string of the molecule is CC(C)(C)OC(=O)CCNC1COc2ccccc21. The molecule has 0 aliphatic carbocycles. The molecule has 1 heterocycles. The number of carbonyl (C=O) groups excluding carboxylic acids is 1. The monoisotopic (exact) mass is 263 g/mol. The van der Waals surface area contributed by atoms with Crippen molar-refractivity contribution in [3.8, 4) is 5.75 Å². The summed E-state index contributed by atoms with van der Waals surface area (Å²) in [5.41, 5.74) is 0.742. The van der Waals surface area contributed by atoms with E-state index in [1.165, 1.54) is 0 Å². The third-order valence-corrected chi connectivity index (χ3v) is 2.84. The number of hydrogen-bond acceptors (Lipinski definition) is 4. The quantitative estimate of drug-likeness (QED) is 0.848. The average Bonchev–Trinajstić information content (AvgIpc) is 2.70. The maximum atomic E-state index is 11.6. The molecule has 1 aromatic carbocycles. The predicted molar refractivity (Wildman–Crippen MR) is 73.1 cm³/mol. The van der Waals surface area contributed by atoms with E-state index in [9.17, 15) is 4.79 Å². The zero-order chi connectivity index (χ0) is 13.9. The molecule has 2 rings (SSSR count). The van der Waals surface area contributed by atoms with Crippen molar-refractivity contribution >= 4 is 5.97 Å². The molecule has 1 N–H and O–H groups in total. The Morgan fingerprint density at radius 1 is 1.42 bits per heavy atom. The van der Waals surface area contributed by atoms with E-state index in [1.54, 1.807) is 0 Å². The highest BCUT2D eigenvalue weighted by atomic mass is 16.6. The van der Waals surface area contributed by atoms with Gasteiger partial charge in [-0.05, 0) is 26.8 Å². The van der Waals surface area contributed by atoms with Gasteiger partial charge in [0, 0.05) is 12.1 Å². The summed E-state index contributed by atoms with van der Waals surface area (Å²) in [6.45, 7) is 6.84. The van der Waals surface area contributed by atoms with Crippen molar-refractivity contribution in [1.82, 2.24) is 5.32 Å². The Hall–Kier alpha value is -1.55. The molecular formula is C15H21NO3. The molecule has 4 nitrogen and oxygen atoms in total. The van der Waals surface area contributed by atoms with E-state index in [0.29, 0.717) is 19.6 Å². The number of para-hydroxylation sites is 1. The summed E-state index contributed by atoms with van der Waals surface area (Å²) in [6, 6.07) is 8.13. The second kappa shape index (κ2) is 5.61. The van der Waals surface area contributed by atoms with E-state index < -0.39 is 5.60 Å². The van der Waals surface area contributed by atoms with Crippen LogP contribution in [0.2, 0.25) is 0 Å². The first kappa shape index (κ1) is 13.9. The molecule has 1 aromatic rings. The van der Waals surface area contributed by atoms with Gasteiger partial charge in [0.2, 0.25) is 0 Å². The van der Waals surface area contributed by atoms with Crippen LogP contribution >= 0.6 is 0 Å². The molecule has 0 spiro atoms. The molecule has 4 heteroatoms. The van der Waals surface area contributed by atoms with Gasteiger partial charge in [0.05, 0.1) is 12.5 Å². The molecule has 0 fully saturated rings. The molecule has 1 unspecified atom stereocenters. The number of esters is 1. The Labute approximate surface area is 114 Å². The largest absolute Gasteiger partial charge is 0.491 e. The van der Waals surface area contributed by atoms with E-state index in [2.05, 4.69) is 5.32 Å². The molecule has 0 saturated heterocycles. The number of carbonyl (C=O) groups is 1. The van der Waals surface area contributed by atoms with Crippen LogP contribution in [0, 0.1) is 0 Å². The highest BCUT2D eigenvalue weighted by molar-refractivity contribution is 5.70. The third kappa shape index (κ3) is 3.96. The summed E-state index contributed by atoms with van der Waals surface area (Å²) in [4.78, 5) is 11.6. The zero-order valence-corrected chi connectivity index (χ0v) is 11.7. The smallest absolute Gasteiger partial charge is 0.307 e. The van der Waals surface area contributed by atoms with Crippen LogP contribution in [0.15, 0.2) is 24.3 Å². The van der Waals surface area contributed by atoms with Crippen LogP contribution in [-0.4, -0.2) is 24.7 Å². The molecule has 19 heavy (non-hydrogen) atoms. The lowest BCUT2D eigenvalue weighted by atomic mass is 10.1. The number of rotatable bonds is 4. The Kier molecular flexibility index (Phi) is 4.10. The van der Waals surface area contributed by atoms with Crippen LogP contribution in [0.1, 0.15) is 38.8 Å². The minimum absolute atomic E-state index is 0.165. The number of hydrogen-bond donors (Lipinski definition) is 1. The highest BCUT2D eigenvalue weighted by Gasteiger charge is 2.23. The molecule has 0 bridgehead atoms.